The smallest absolute Gasteiger partial charge is 0.222 e. The number of carbonyl (C=O) groups excluding carboxylic acids is 1. The Bertz CT molecular complexity index is 784. The molecule has 6 heteroatoms. The molecule has 3 aromatic rings. The van der Waals surface area contributed by atoms with E-state index < -0.39 is 0 Å². The molecule has 0 spiro atoms. The van der Waals surface area contributed by atoms with Gasteiger partial charge in [0, 0.05) is 18.8 Å². The van der Waals surface area contributed by atoms with Crippen LogP contribution in [0.15, 0.2) is 48.8 Å². The van der Waals surface area contributed by atoms with Crippen LogP contribution in [0.25, 0.3) is 11.0 Å². The van der Waals surface area contributed by atoms with Gasteiger partial charge in [-0.05, 0) is 30.2 Å². The minimum Gasteiger partial charge on any atom is -0.349 e. The molecule has 0 saturated heterocycles. The van der Waals surface area contributed by atoms with Crippen LogP contribution < -0.4 is 5.32 Å². The van der Waals surface area contributed by atoms with Gasteiger partial charge in [0.15, 0.2) is 0 Å². The van der Waals surface area contributed by atoms with E-state index in [2.05, 4.69) is 20.6 Å². The van der Waals surface area contributed by atoms with Crippen LogP contribution >= 0.6 is 0 Å². The Balaban J connectivity index is 1.61. The number of aromatic nitrogens is 4. The minimum absolute atomic E-state index is 0.000263. The number of benzene rings is 1. The summed E-state index contributed by atoms with van der Waals surface area (Å²) in [6, 6.07) is 11.6. The van der Waals surface area contributed by atoms with E-state index in [-0.39, 0.29) is 11.9 Å². The second-order valence-corrected chi connectivity index (χ2v) is 5.37. The zero-order valence-electron chi connectivity index (χ0n) is 13.0. The summed E-state index contributed by atoms with van der Waals surface area (Å²) in [4.78, 5) is 16.3. The minimum atomic E-state index is -0.0105. The van der Waals surface area contributed by atoms with E-state index >= 15 is 0 Å². The SMILES string of the molecule is CCC(NC(=O)CCn1nnc2ccccc21)c1cccnc1. The second-order valence-electron chi connectivity index (χ2n) is 5.37. The summed E-state index contributed by atoms with van der Waals surface area (Å²) in [7, 11) is 0. The molecule has 6 nitrogen and oxygen atoms in total. The van der Waals surface area contributed by atoms with Gasteiger partial charge >= 0.3 is 0 Å². The molecule has 1 aromatic carbocycles. The normalized spacial score (nSPS) is 12.2. The first kappa shape index (κ1) is 15.1. The lowest BCUT2D eigenvalue weighted by Gasteiger charge is -2.17. The van der Waals surface area contributed by atoms with Gasteiger partial charge in [0.25, 0.3) is 0 Å². The zero-order chi connectivity index (χ0) is 16.1. The number of nitrogens with zero attached hydrogens (tertiary/aromatic N) is 4. The molecule has 0 saturated carbocycles. The first-order valence-corrected chi connectivity index (χ1v) is 7.75. The van der Waals surface area contributed by atoms with Crippen LogP contribution in [0.3, 0.4) is 0 Å². The lowest BCUT2D eigenvalue weighted by molar-refractivity contribution is -0.122. The Kier molecular flexibility index (Phi) is 4.61. The molecule has 1 unspecified atom stereocenters. The summed E-state index contributed by atoms with van der Waals surface area (Å²) in [5, 5.41) is 11.2. The van der Waals surface area contributed by atoms with Crippen molar-refractivity contribution in [2.45, 2.75) is 32.4 Å². The maximum absolute atomic E-state index is 12.2. The van der Waals surface area contributed by atoms with E-state index in [4.69, 9.17) is 0 Å². The van der Waals surface area contributed by atoms with Crippen molar-refractivity contribution in [3.63, 3.8) is 0 Å². The van der Waals surface area contributed by atoms with Crippen molar-refractivity contribution in [3.8, 4) is 0 Å². The van der Waals surface area contributed by atoms with Crippen LogP contribution in [0.2, 0.25) is 0 Å². The number of nitrogens with one attached hydrogen (secondary N) is 1. The van der Waals surface area contributed by atoms with Gasteiger partial charge in [-0.2, -0.15) is 0 Å². The molecular weight excluding hydrogens is 290 g/mol. The molecule has 23 heavy (non-hydrogen) atoms. The summed E-state index contributed by atoms with van der Waals surface area (Å²) in [6.07, 6.45) is 4.71. The van der Waals surface area contributed by atoms with Crippen LogP contribution in [-0.4, -0.2) is 25.9 Å². The molecule has 2 heterocycles. The van der Waals surface area contributed by atoms with Crippen LogP contribution in [0.4, 0.5) is 0 Å². The van der Waals surface area contributed by atoms with Crippen LogP contribution in [-0.2, 0) is 11.3 Å². The molecule has 0 aliphatic heterocycles. The third-order valence-electron chi connectivity index (χ3n) is 3.80. The summed E-state index contributed by atoms with van der Waals surface area (Å²) < 4.78 is 1.76. The molecule has 0 radical (unpaired) electrons. The number of rotatable bonds is 6. The Morgan fingerprint density at radius 1 is 1.26 bits per heavy atom. The van der Waals surface area contributed by atoms with Gasteiger partial charge in [-0.3, -0.25) is 9.78 Å². The van der Waals surface area contributed by atoms with Crippen molar-refractivity contribution in [2.24, 2.45) is 0 Å². The fourth-order valence-corrected chi connectivity index (χ4v) is 2.56. The van der Waals surface area contributed by atoms with Crippen molar-refractivity contribution in [2.75, 3.05) is 0 Å². The van der Waals surface area contributed by atoms with E-state index in [9.17, 15) is 4.79 Å². The molecular formula is C17H19N5O. The maximum atomic E-state index is 12.2. The first-order chi connectivity index (χ1) is 11.3. The lowest BCUT2D eigenvalue weighted by atomic mass is 10.1. The van der Waals surface area contributed by atoms with Crippen molar-refractivity contribution >= 4 is 16.9 Å². The molecule has 0 aliphatic rings. The fourth-order valence-electron chi connectivity index (χ4n) is 2.56. The second kappa shape index (κ2) is 7.00. The number of para-hydroxylation sites is 1. The summed E-state index contributed by atoms with van der Waals surface area (Å²) in [5.41, 5.74) is 2.81. The number of aryl methyl sites for hydroxylation is 1. The van der Waals surface area contributed by atoms with Gasteiger partial charge < -0.3 is 5.32 Å². The number of fused-ring (bicyclic) bond motifs is 1. The van der Waals surface area contributed by atoms with E-state index in [1.54, 1.807) is 17.1 Å². The Hall–Kier alpha value is -2.76. The van der Waals surface area contributed by atoms with Crippen LogP contribution in [0, 0.1) is 0 Å². The average Bonchev–Trinajstić information content (AvgIpc) is 3.02. The molecule has 2 aromatic heterocycles. The highest BCUT2D eigenvalue weighted by molar-refractivity contribution is 5.77. The third-order valence-corrected chi connectivity index (χ3v) is 3.80. The van der Waals surface area contributed by atoms with Crippen molar-refractivity contribution in [3.05, 3.63) is 54.4 Å². The van der Waals surface area contributed by atoms with Crippen molar-refractivity contribution < 1.29 is 4.79 Å². The van der Waals surface area contributed by atoms with Crippen LogP contribution in [0.5, 0.6) is 0 Å². The molecule has 1 amide bonds. The van der Waals surface area contributed by atoms with E-state index in [0.717, 1.165) is 23.0 Å². The molecule has 0 aliphatic carbocycles. The first-order valence-electron chi connectivity index (χ1n) is 7.75. The van der Waals surface area contributed by atoms with Gasteiger partial charge in [0.2, 0.25) is 5.91 Å². The maximum Gasteiger partial charge on any atom is 0.222 e. The van der Waals surface area contributed by atoms with Crippen LogP contribution in [0.1, 0.15) is 31.4 Å². The quantitative estimate of drug-likeness (QED) is 0.759. The van der Waals surface area contributed by atoms with Gasteiger partial charge in [-0.25, -0.2) is 4.68 Å². The highest BCUT2D eigenvalue weighted by Gasteiger charge is 2.13. The number of hydrogen-bond donors (Lipinski definition) is 1. The molecule has 1 N–H and O–H groups in total. The van der Waals surface area contributed by atoms with Crippen molar-refractivity contribution in [1.82, 2.24) is 25.3 Å². The topological polar surface area (TPSA) is 72.7 Å². The lowest BCUT2D eigenvalue weighted by Crippen LogP contribution is -2.29. The molecule has 1 atom stereocenters. The van der Waals surface area contributed by atoms with E-state index in [1.165, 1.54) is 0 Å². The Morgan fingerprint density at radius 3 is 2.91 bits per heavy atom. The number of carbonyl (C=O) groups is 1. The summed E-state index contributed by atoms with van der Waals surface area (Å²) in [5.74, 6) is 0.000263. The van der Waals surface area contributed by atoms with E-state index in [0.29, 0.717) is 13.0 Å². The summed E-state index contributed by atoms with van der Waals surface area (Å²) in [6.45, 7) is 2.55. The average molecular weight is 309 g/mol. The third kappa shape index (κ3) is 3.53. The highest BCUT2D eigenvalue weighted by atomic mass is 16.1. The number of hydrogen-bond acceptors (Lipinski definition) is 4. The predicted molar refractivity (Wildman–Crippen MR) is 87.6 cm³/mol. The number of amides is 1. The molecule has 3 rings (SSSR count). The van der Waals surface area contributed by atoms with E-state index in [1.807, 2.05) is 43.3 Å². The molecule has 0 bridgehead atoms. The highest BCUT2D eigenvalue weighted by Crippen LogP contribution is 2.15. The number of pyridine rings is 1. The fraction of sp³-hybridized carbons (Fsp3) is 0.294. The monoisotopic (exact) mass is 309 g/mol. The standard InChI is InChI=1S/C17H19N5O/c1-2-14(13-6-5-10-18-12-13)19-17(23)9-11-22-16-8-4-3-7-15(16)20-21-22/h3-8,10,12,14H,2,9,11H2,1H3,(H,19,23). The van der Waals surface area contributed by atoms with Gasteiger partial charge in [0.1, 0.15) is 5.52 Å². The van der Waals surface area contributed by atoms with Gasteiger partial charge in [-0.15, -0.1) is 5.10 Å². The zero-order valence-corrected chi connectivity index (χ0v) is 13.0. The largest absolute Gasteiger partial charge is 0.349 e. The Morgan fingerprint density at radius 2 is 2.13 bits per heavy atom. The molecule has 118 valence electrons. The Labute approximate surface area is 134 Å². The summed E-state index contributed by atoms with van der Waals surface area (Å²) >= 11 is 0. The van der Waals surface area contributed by atoms with Gasteiger partial charge in [0.05, 0.1) is 18.1 Å². The predicted octanol–water partition coefficient (Wildman–Crippen LogP) is 2.48. The van der Waals surface area contributed by atoms with Gasteiger partial charge in [-0.1, -0.05) is 30.3 Å². The molecule has 0 fully saturated rings. The van der Waals surface area contributed by atoms with Crippen molar-refractivity contribution in [1.29, 1.82) is 0 Å².